The minimum Gasteiger partial charge on any atom is -0.544 e. The van der Waals surface area contributed by atoms with Crippen molar-refractivity contribution in [2.45, 2.75) is 26.0 Å². The third-order valence-electron chi connectivity index (χ3n) is 1.40. The maximum Gasteiger partial charge on any atom is 0.151 e. The first-order valence-electron chi connectivity index (χ1n) is 3.18. The molecule has 0 amide bonds. The predicted octanol–water partition coefficient (Wildman–Crippen LogP) is -2.64. The zero-order valence-electron chi connectivity index (χ0n) is 6.20. The molecule has 0 heterocycles. The van der Waals surface area contributed by atoms with Crippen molar-refractivity contribution in [3.63, 3.8) is 0 Å². The Morgan fingerprint density at radius 2 is 2.00 bits per heavy atom. The van der Waals surface area contributed by atoms with Crippen LogP contribution in [-0.4, -0.2) is 23.2 Å². The number of hydrogen-bond acceptors (Lipinski definition) is 3. The number of carboxylic acids is 1. The Balaban J connectivity index is 3.94. The van der Waals surface area contributed by atoms with E-state index < -0.39 is 18.1 Å². The molecule has 0 aromatic rings. The number of quaternary nitrogens is 1. The molecule has 0 saturated heterocycles. The SMILES string of the molecule is CC(C)[C@H](O)[C@H]([NH3+])C(=O)[O-]. The quantitative estimate of drug-likeness (QED) is 0.457. The van der Waals surface area contributed by atoms with Crippen molar-refractivity contribution in [2.24, 2.45) is 5.92 Å². The normalized spacial score (nSPS) is 16.9. The molecule has 0 aliphatic rings. The molecule has 4 heteroatoms. The van der Waals surface area contributed by atoms with Crippen LogP contribution in [0.3, 0.4) is 0 Å². The average Bonchev–Trinajstić information content (AvgIpc) is 1.84. The van der Waals surface area contributed by atoms with Gasteiger partial charge in [0.05, 0.1) is 0 Å². The molecule has 0 spiro atoms. The van der Waals surface area contributed by atoms with E-state index in [1.54, 1.807) is 13.8 Å². The van der Waals surface area contributed by atoms with Crippen LogP contribution >= 0.6 is 0 Å². The van der Waals surface area contributed by atoms with E-state index in [-0.39, 0.29) is 5.92 Å². The summed E-state index contributed by atoms with van der Waals surface area (Å²) in [4.78, 5) is 10.1. The number of aliphatic hydroxyl groups excluding tert-OH is 1. The Hall–Kier alpha value is -0.610. The van der Waals surface area contributed by atoms with Crippen LogP contribution in [0.2, 0.25) is 0 Å². The second-order valence-electron chi connectivity index (χ2n) is 2.66. The van der Waals surface area contributed by atoms with Crippen LogP contribution in [0.4, 0.5) is 0 Å². The summed E-state index contributed by atoms with van der Waals surface area (Å²) in [5, 5.41) is 19.2. The summed E-state index contributed by atoms with van der Waals surface area (Å²) in [6.45, 7) is 3.46. The highest BCUT2D eigenvalue weighted by Gasteiger charge is 2.22. The van der Waals surface area contributed by atoms with E-state index in [0.717, 1.165) is 0 Å². The second kappa shape index (κ2) is 3.53. The fourth-order valence-electron chi connectivity index (χ4n) is 0.604. The van der Waals surface area contributed by atoms with Crippen molar-refractivity contribution in [1.29, 1.82) is 0 Å². The first-order chi connectivity index (χ1) is 4.46. The molecule has 0 aromatic heterocycles. The minimum atomic E-state index is -1.30. The van der Waals surface area contributed by atoms with E-state index in [9.17, 15) is 9.90 Å². The molecular weight excluding hydrogens is 134 g/mol. The molecule has 4 nitrogen and oxygen atoms in total. The van der Waals surface area contributed by atoms with Gasteiger partial charge in [-0.05, 0) is 5.92 Å². The number of carbonyl (C=O) groups is 1. The van der Waals surface area contributed by atoms with E-state index in [1.807, 2.05) is 0 Å². The zero-order valence-corrected chi connectivity index (χ0v) is 6.20. The van der Waals surface area contributed by atoms with Gasteiger partial charge in [-0.2, -0.15) is 0 Å². The van der Waals surface area contributed by atoms with E-state index >= 15 is 0 Å². The van der Waals surface area contributed by atoms with Gasteiger partial charge in [-0.3, -0.25) is 0 Å². The third kappa shape index (κ3) is 2.33. The summed E-state index contributed by atoms with van der Waals surface area (Å²) in [6, 6.07) is -1.03. The van der Waals surface area contributed by atoms with Crippen LogP contribution in [0.25, 0.3) is 0 Å². The van der Waals surface area contributed by atoms with Gasteiger partial charge in [0, 0.05) is 0 Å². The minimum absolute atomic E-state index is 0.0969. The molecule has 2 atom stereocenters. The largest absolute Gasteiger partial charge is 0.544 e. The van der Waals surface area contributed by atoms with Crippen LogP contribution in [0.15, 0.2) is 0 Å². The molecule has 60 valence electrons. The van der Waals surface area contributed by atoms with Crippen LogP contribution in [-0.2, 0) is 4.79 Å². The lowest BCUT2D eigenvalue weighted by Crippen LogP contribution is -2.73. The van der Waals surface area contributed by atoms with E-state index in [4.69, 9.17) is 5.11 Å². The molecule has 0 bridgehead atoms. The van der Waals surface area contributed by atoms with Crippen molar-refractivity contribution < 1.29 is 20.7 Å². The molecule has 0 aliphatic heterocycles. The van der Waals surface area contributed by atoms with Crippen molar-refractivity contribution in [3.8, 4) is 0 Å². The topological polar surface area (TPSA) is 88.0 Å². The molecule has 0 rings (SSSR count). The Morgan fingerprint density at radius 3 is 2.10 bits per heavy atom. The first-order valence-corrected chi connectivity index (χ1v) is 3.18. The number of rotatable bonds is 3. The molecule has 0 aromatic carbocycles. The number of hydrogen-bond donors (Lipinski definition) is 2. The number of carbonyl (C=O) groups excluding carboxylic acids is 1. The highest BCUT2D eigenvalue weighted by Crippen LogP contribution is 2.02. The Labute approximate surface area is 59.7 Å². The lowest BCUT2D eigenvalue weighted by Gasteiger charge is -2.19. The van der Waals surface area contributed by atoms with Crippen LogP contribution in [0.5, 0.6) is 0 Å². The van der Waals surface area contributed by atoms with Gasteiger partial charge < -0.3 is 20.7 Å². The average molecular weight is 147 g/mol. The van der Waals surface area contributed by atoms with Crippen LogP contribution < -0.4 is 10.8 Å². The van der Waals surface area contributed by atoms with Crippen molar-refractivity contribution >= 4 is 5.97 Å². The van der Waals surface area contributed by atoms with Crippen LogP contribution in [0, 0.1) is 5.92 Å². The van der Waals surface area contributed by atoms with E-state index in [2.05, 4.69) is 5.73 Å². The summed E-state index contributed by atoms with van der Waals surface area (Å²) in [5.41, 5.74) is 3.25. The molecular formula is C6H13NO3. The fourth-order valence-corrected chi connectivity index (χ4v) is 0.604. The van der Waals surface area contributed by atoms with Crippen molar-refractivity contribution in [2.75, 3.05) is 0 Å². The molecule has 0 radical (unpaired) electrons. The number of aliphatic hydroxyl groups is 1. The molecule has 4 N–H and O–H groups in total. The monoisotopic (exact) mass is 147 g/mol. The molecule has 0 saturated carbocycles. The summed E-state index contributed by atoms with van der Waals surface area (Å²) in [6.07, 6.45) is -0.912. The van der Waals surface area contributed by atoms with Gasteiger partial charge in [0.1, 0.15) is 12.1 Å². The predicted molar refractivity (Wildman–Crippen MR) is 32.5 cm³/mol. The highest BCUT2D eigenvalue weighted by molar-refractivity contribution is 5.69. The number of carboxylic acid groups (broad SMARTS) is 1. The second-order valence-corrected chi connectivity index (χ2v) is 2.66. The van der Waals surface area contributed by atoms with Gasteiger partial charge in [-0.15, -0.1) is 0 Å². The summed E-state index contributed by atoms with van der Waals surface area (Å²) < 4.78 is 0. The van der Waals surface area contributed by atoms with Gasteiger partial charge >= 0.3 is 0 Å². The van der Waals surface area contributed by atoms with E-state index in [0.29, 0.717) is 0 Å². The number of aliphatic carboxylic acids is 1. The maximum absolute atomic E-state index is 10.1. The summed E-state index contributed by atoms with van der Waals surface area (Å²) in [7, 11) is 0. The van der Waals surface area contributed by atoms with E-state index in [1.165, 1.54) is 0 Å². The summed E-state index contributed by atoms with van der Waals surface area (Å²) >= 11 is 0. The van der Waals surface area contributed by atoms with Gasteiger partial charge in [0.25, 0.3) is 0 Å². The van der Waals surface area contributed by atoms with Crippen molar-refractivity contribution in [3.05, 3.63) is 0 Å². The third-order valence-corrected chi connectivity index (χ3v) is 1.40. The lowest BCUT2D eigenvalue weighted by molar-refractivity contribution is -0.453. The molecule has 0 aliphatic carbocycles. The fraction of sp³-hybridized carbons (Fsp3) is 0.833. The smallest absolute Gasteiger partial charge is 0.151 e. The molecule has 10 heavy (non-hydrogen) atoms. The standard InChI is InChI=1S/C6H13NO3/c1-3(2)5(8)4(7)6(9)10/h3-5,8H,7H2,1-2H3,(H,9,10)/t4-,5-/m0/s1. The van der Waals surface area contributed by atoms with Gasteiger partial charge in [-0.1, -0.05) is 13.8 Å². The van der Waals surface area contributed by atoms with Gasteiger partial charge in [-0.25, -0.2) is 0 Å². The molecule has 0 unspecified atom stereocenters. The maximum atomic E-state index is 10.1. The zero-order chi connectivity index (χ0) is 8.31. The Kier molecular flexibility index (Phi) is 3.32. The Morgan fingerprint density at radius 1 is 1.60 bits per heavy atom. The van der Waals surface area contributed by atoms with Gasteiger partial charge in [0.2, 0.25) is 0 Å². The summed E-state index contributed by atoms with van der Waals surface area (Å²) in [5.74, 6) is -1.40. The molecule has 0 fully saturated rings. The first kappa shape index (κ1) is 9.39. The van der Waals surface area contributed by atoms with Crippen LogP contribution in [0.1, 0.15) is 13.8 Å². The van der Waals surface area contributed by atoms with Gasteiger partial charge in [0.15, 0.2) is 6.04 Å². The highest BCUT2D eigenvalue weighted by atomic mass is 16.4. The Bertz CT molecular complexity index is 124. The van der Waals surface area contributed by atoms with Crippen molar-refractivity contribution in [1.82, 2.24) is 0 Å². The lowest BCUT2D eigenvalue weighted by atomic mass is 10.0.